The number of hydrogen-bond donors (Lipinski definition) is 1. The van der Waals surface area contributed by atoms with E-state index in [0.29, 0.717) is 13.0 Å². The van der Waals surface area contributed by atoms with Crippen LogP contribution >= 0.6 is 0 Å². The van der Waals surface area contributed by atoms with Crippen molar-refractivity contribution < 1.29 is 4.79 Å². The fourth-order valence-corrected chi connectivity index (χ4v) is 2.00. The van der Waals surface area contributed by atoms with Crippen molar-refractivity contribution >= 4 is 5.91 Å². The van der Waals surface area contributed by atoms with Gasteiger partial charge in [0.1, 0.15) is 0 Å². The summed E-state index contributed by atoms with van der Waals surface area (Å²) in [5, 5.41) is 2.96. The largest absolute Gasteiger partial charge is 0.352 e. The van der Waals surface area contributed by atoms with Gasteiger partial charge in [-0.05, 0) is 23.1 Å². The number of aryl methyl sites for hydroxylation is 1. The van der Waals surface area contributed by atoms with Gasteiger partial charge in [-0.15, -0.1) is 0 Å². The summed E-state index contributed by atoms with van der Waals surface area (Å²) in [5.41, 5.74) is 3.50. The van der Waals surface area contributed by atoms with Gasteiger partial charge in [0.25, 0.3) is 0 Å². The van der Waals surface area contributed by atoms with E-state index in [1.54, 1.807) is 0 Å². The fourth-order valence-electron chi connectivity index (χ4n) is 2.00. The summed E-state index contributed by atoms with van der Waals surface area (Å²) in [5.74, 6) is 0.0631. The molecule has 0 radical (unpaired) electrons. The Morgan fingerprint density at radius 1 is 0.947 bits per heavy atom. The van der Waals surface area contributed by atoms with Gasteiger partial charge in [0, 0.05) is 6.54 Å². The molecule has 0 aromatic heterocycles. The smallest absolute Gasteiger partial charge is 0.224 e. The van der Waals surface area contributed by atoms with Gasteiger partial charge in [0.15, 0.2) is 0 Å². The lowest BCUT2D eigenvalue weighted by Gasteiger charge is -2.07. The zero-order valence-electron chi connectivity index (χ0n) is 11.2. The molecule has 0 atom stereocenters. The van der Waals surface area contributed by atoms with Gasteiger partial charge >= 0.3 is 0 Å². The van der Waals surface area contributed by atoms with Crippen LogP contribution in [0.1, 0.15) is 23.6 Å². The van der Waals surface area contributed by atoms with Crippen molar-refractivity contribution in [1.29, 1.82) is 0 Å². The van der Waals surface area contributed by atoms with Crippen LogP contribution < -0.4 is 5.32 Å². The maximum atomic E-state index is 11.8. The van der Waals surface area contributed by atoms with Crippen LogP contribution in [0.5, 0.6) is 0 Å². The molecular weight excluding hydrogens is 234 g/mol. The maximum Gasteiger partial charge on any atom is 0.224 e. The molecular formula is C17H19NO. The molecule has 0 spiro atoms. The Balaban J connectivity index is 1.86. The molecule has 0 saturated carbocycles. The summed E-state index contributed by atoms with van der Waals surface area (Å²) >= 11 is 0. The third kappa shape index (κ3) is 4.25. The fraction of sp³-hybridized carbons (Fsp3) is 0.235. The van der Waals surface area contributed by atoms with Crippen molar-refractivity contribution in [3.05, 3.63) is 71.3 Å². The SMILES string of the molecule is CCc1cccc(CNC(=O)Cc2ccccc2)c1. The van der Waals surface area contributed by atoms with Crippen LogP contribution in [0.3, 0.4) is 0 Å². The third-order valence-corrected chi connectivity index (χ3v) is 3.10. The Bertz CT molecular complexity index is 534. The highest BCUT2D eigenvalue weighted by atomic mass is 16.1. The normalized spacial score (nSPS) is 10.2. The highest BCUT2D eigenvalue weighted by Crippen LogP contribution is 2.06. The lowest BCUT2D eigenvalue weighted by Crippen LogP contribution is -2.24. The average molecular weight is 253 g/mol. The zero-order chi connectivity index (χ0) is 13.5. The van der Waals surface area contributed by atoms with Crippen LogP contribution in [0.15, 0.2) is 54.6 Å². The van der Waals surface area contributed by atoms with Gasteiger partial charge in [-0.1, -0.05) is 61.5 Å². The van der Waals surface area contributed by atoms with Gasteiger partial charge in [-0.2, -0.15) is 0 Å². The molecule has 2 heteroatoms. The van der Waals surface area contributed by atoms with E-state index in [2.05, 4.69) is 24.4 Å². The predicted octanol–water partition coefficient (Wildman–Crippen LogP) is 3.11. The van der Waals surface area contributed by atoms with Crippen LogP contribution in [-0.2, 0) is 24.2 Å². The zero-order valence-corrected chi connectivity index (χ0v) is 11.2. The molecule has 0 aliphatic heterocycles. The number of nitrogens with one attached hydrogen (secondary N) is 1. The average Bonchev–Trinajstić information content (AvgIpc) is 2.46. The van der Waals surface area contributed by atoms with E-state index >= 15 is 0 Å². The van der Waals surface area contributed by atoms with Crippen LogP contribution in [0.25, 0.3) is 0 Å². The molecule has 1 amide bonds. The highest BCUT2D eigenvalue weighted by molar-refractivity contribution is 5.78. The molecule has 1 N–H and O–H groups in total. The Kier molecular flexibility index (Phi) is 4.73. The number of benzene rings is 2. The summed E-state index contributed by atoms with van der Waals surface area (Å²) in [6.07, 6.45) is 1.46. The topological polar surface area (TPSA) is 29.1 Å². The molecule has 0 aliphatic rings. The minimum absolute atomic E-state index is 0.0631. The summed E-state index contributed by atoms with van der Waals surface area (Å²) in [6.45, 7) is 2.73. The van der Waals surface area contributed by atoms with Crippen LogP contribution in [0, 0.1) is 0 Å². The van der Waals surface area contributed by atoms with Crippen molar-refractivity contribution in [2.75, 3.05) is 0 Å². The Morgan fingerprint density at radius 3 is 2.37 bits per heavy atom. The van der Waals surface area contributed by atoms with Gasteiger partial charge in [-0.25, -0.2) is 0 Å². The molecule has 19 heavy (non-hydrogen) atoms. The van der Waals surface area contributed by atoms with Crippen molar-refractivity contribution in [3.63, 3.8) is 0 Å². The van der Waals surface area contributed by atoms with Gasteiger partial charge in [0.2, 0.25) is 5.91 Å². The Morgan fingerprint density at radius 2 is 1.63 bits per heavy atom. The molecule has 0 bridgehead atoms. The summed E-state index contributed by atoms with van der Waals surface area (Å²) in [6, 6.07) is 18.1. The molecule has 2 aromatic carbocycles. The second kappa shape index (κ2) is 6.74. The van der Waals surface area contributed by atoms with E-state index in [0.717, 1.165) is 17.5 Å². The Hall–Kier alpha value is -2.09. The maximum absolute atomic E-state index is 11.8. The second-order valence-electron chi connectivity index (χ2n) is 4.61. The van der Waals surface area contributed by atoms with E-state index in [1.165, 1.54) is 5.56 Å². The minimum Gasteiger partial charge on any atom is -0.352 e. The first-order valence-corrected chi connectivity index (χ1v) is 6.66. The monoisotopic (exact) mass is 253 g/mol. The first-order valence-electron chi connectivity index (χ1n) is 6.66. The number of carbonyl (C=O) groups excluding carboxylic acids is 1. The molecule has 2 aromatic rings. The van der Waals surface area contributed by atoms with Crippen LogP contribution in [0.4, 0.5) is 0 Å². The molecule has 98 valence electrons. The molecule has 0 fully saturated rings. The number of amides is 1. The first-order chi connectivity index (χ1) is 9.28. The molecule has 2 rings (SSSR count). The van der Waals surface area contributed by atoms with Crippen molar-refractivity contribution in [1.82, 2.24) is 5.32 Å². The van der Waals surface area contributed by atoms with Gasteiger partial charge in [-0.3, -0.25) is 4.79 Å². The highest BCUT2D eigenvalue weighted by Gasteiger charge is 2.03. The van der Waals surface area contributed by atoms with E-state index in [-0.39, 0.29) is 5.91 Å². The van der Waals surface area contributed by atoms with E-state index in [9.17, 15) is 4.79 Å². The van der Waals surface area contributed by atoms with Crippen molar-refractivity contribution in [2.24, 2.45) is 0 Å². The number of carbonyl (C=O) groups is 1. The van der Waals surface area contributed by atoms with Gasteiger partial charge in [0.05, 0.1) is 6.42 Å². The van der Waals surface area contributed by atoms with Crippen molar-refractivity contribution in [3.8, 4) is 0 Å². The van der Waals surface area contributed by atoms with Crippen LogP contribution in [-0.4, -0.2) is 5.91 Å². The third-order valence-electron chi connectivity index (χ3n) is 3.10. The van der Waals surface area contributed by atoms with E-state index in [4.69, 9.17) is 0 Å². The molecule has 0 aliphatic carbocycles. The van der Waals surface area contributed by atoms with Gasteiger partial charge < -0.3 is 5.32 Å². The van der Waals surface area contributed by atoms with Crippen LogP contribution in [0.2, 0.25) is 0 Å². The number of rotatable bonds is 5. The molecule has 0 unspecified atom stereocenters. The summed E-state index contributed by atoms with van der Waals surface area (Å²) in [7, 11) is 0. The van der Waals surface area contributed by atoms with E-state index < -0.39 is 0 Å². The van der Waals surface area contributed by atoms with E-state index in [1.807, 2.05) is 42.5 Å². The number of hydrogen-bond acceptors (Lipinski definition) is 1. The quantitative estimate of drug-likeness (QED) is 0.871. The second-order valence-corrected chi connectivity index (χ2v) is 4.61. The lowest BCUT2D eigenvalue weighted by molar-refractivity contribution is -0.120. The Labute approximate surface area is 114 Å². The molecule has 0 heterocycles. The van der Waals surface area contributed by atoms with Crippen molar-refractivity contribution in [2.45, 2.75) is 26.3 Å². The molecule has 2 nitrogen and oxygen atoms in total. The molecule has 0 saturated heterocycles. The standard InChI is InChI=1S/C17H19NO/c1-2-14-9-6-10-16(11-14)13-18-17(19)12-15-7-4-3-5-8-15/h3-11H,2,12-13H2,1H3,(H,18,19). The predicted molar refractivity (Wildman–Crippen MR) is 77.8 cm³/mol. The minimum atomic E-state index is 0.0631. The first kappa shape index (κ1) is 13.3. The lowest BCUT2D eigenvalue weighted by atomic mass is 10.1. The summed E-state index contributed by atoms with van der Waals surface area (Å²) < 4.78 is 0. The summed E-state index contributed by atoms with van der Waals surface area (Å²) in [4.78, 5) is 11.8.